The van der Waals surface area contributed by atoms with E-state index in [1.165, 1.54) is 0 Å². The first-order valence-corrected chi connectivity index (χ1v) is 10.7. The molecule has 4 rings (SSSR count). The van der Waals surface area contributed by atoms with Crippen LogP contribution in [0.5, 0.6) is 17.2 Å². The fourth-order valence-electron chi connectivity index (χ4n) is 4.83. The van der Waals surface area contributed by atoms with E-state index in [1.54, 1.807) is 21.3 Å². The number of ether oxygens (including phenoxy) is 4. The molecule has 1 saturated carbocycles. The Bertz CT molecular complexity index is 977. The summed E-state index contributed by atoms with van der Waals surface area (Å²) >= 11 is 0. The monoisotopic (exact) mass is 427 g/mol. The lowest BCUT2D eigenvalue weighted by atomic mass is 9.81. The highest BCUT2D eigenvalue weighted by Crippen LogP contribution is 2.43. The zero-order valence-corrected chi connectivity index (χ0v) is 18.5. The highest BCUT2D eigenvalue weighted by atomic mass is 16.5. The first-order valence-electron chi connectivity index (χ1n) is 10.7. The fourth-order valence-corrected chi connectivity index (χ4v) is 4.83. The molecule has 0 saturated heterocycles. The Hall–Kier alpha value is -2.96. The molecular weight excluding hydrogens is 398 g/mol. The van der Waals surface area contributed by atoms with Gasteiger partial charge in [-0.2, -0.15) is 0 Å². The zero-order valence-electron chi connectivity index (χ0n) is 18.5. The number of nitrogens with one attached hydrogen (secondary N) is 1. The minimum Gasteiger partial charge on any atom is -0.493 e. The van der Waals surface area contributed by atoms with E-state index in [0.29, 0.717) is 46.9 Å². The van der Waals surface area contributed by atoms with Crippen molar-refractivity contribution in [1.82, 2.24) is 4.98 Å². The summed E-state index contributed by atoms with van der Waals surface area (Å²) in [5.74, 6) is 1.22. The molecular formula is C24H29NO6. The van der Waals surface area contributed by atoms with Crippen molar-refractivity contribution in [2.24, 2.45) is 0 Å². The van der Waals surface area contributed by atoms with Crippen LogP contribution in [0.3, 0.4) is 0 Å². The smallest absolute Gasteiger partial charge is 0.355 e. The van der Waals surface area contributed by atoms with E-state index in [0.717, 1.165) is 36.9 Å². The predicted octanol–water partition coefficient (Wildman–Crippen LogP) is 4.36. The lowest BCUT2D eigenvalue weighted by molar-refractivity contribution is 0.0310. The number of methoxy groups -OCH3 is 3. The molecule has 1 aromatic carbocycles. The maximum Gasteiger partial charge on any atom is 0.355 e. The van der Waals surface area contributed by atoms with Crippen LogP contribution in [0.1, 0.15) is 75.7 Å². The number of hydrogen-bond donors (Lipinski definition) is 1. The molecule has 1 heterocycles. The number of H-pyrrole nitrogens is 1. The molecule has 0 amide bonds. The van der Waals surface area contributed by atoms with Crippen LogP contribution >= 0.6 is 0 Å². The summed E-state index contributed by atoms with van der Waals surface area (Å²) in [6.45, 7) is 1.82. The lowest BCUT2D eigenvalue weighted by Crippen LogP contribution is -2.19. The third-order valence-corrected chi connectivity index (χ3v) is 6.43. The Labute approximate surface area is 182 Å². The topological polar surface area (TPSA) is 86.9 Å². The van der Waals surface area contributed by atoms with Crippen LogP contribution in [0.2, 0.25) is 0 Å². The second kappa shape index (κ2) is 8.65. The van der Waals surface area contributed by atoms with Crippen LogP contribution in [0.25, 0.3) is 0 Å². The molecule has 2 aromatic rings. The summed E-state index contributed by atoms with van der Waals surface area (Å²) in [5.41, 5.74) is 3.42. The Morgan fingerprint density at radius 3 is 2.23 bits per heavy atom. The van der Waals surface area contributed by atoms with Gasteiger partial charge in [0.25, 0.3) is 0 Å². The van der Waals surface area contributed by atoms with Crippen LogP contribution in [-0.2, 0) is 11.2 Å². The molecule has 0 bridgehead atoms. The lowest BCUT2D eigenvalue weighted by Gasteiger charge is -2.24. The summed E-state index contributed by atoms with van der Waals surface area (Å²) in [5, 5.41) is 0. The highest BCUT2D eigenvalue weighted by Gasteiger charge is 2.34. The molecule has 7 heteroatoms. The summed E-state index contributed by atoms with van der Waals surface area (Å²) < 4.78 is 22.0. The van der Waals surface area contributed by atoms with Crippen molar-refractivity contribution in [3.63, 3.8) is 0 Å². The van der Waals surface area contributed by atoms with Crippen LogP contribution in [0.15, 0.2) is 12.1 Å². The van der Waals surface area contributed by atoms with Crippen LogP contribution in [0, 0.1) is 6.92 Å². The van der Waals surface area contributed by atoms with Crippen molar-refractivity contribution in [3.8, 4) is 17.2 Å². The number of carbonyl (C=O) groups is 2. The predicted molar refractivity (Wildman–Crippen MR) is 115 cm³/mol. The summed E-state index contributed by atoms with van der Waals surface area (Å²) in [6.07, 6.45) is 4.94. The average molecular weight is 427 g/mol. The number of esters is 1. The van der Waals surface area contributed by atoms with Crippen LogP contribution in [0.4, 0.5) is 0 Å². The number of aromatic amines is 1. The molecule has 1 N–H and O–H groups in total. The molecule has 31 heavy (non-hydrogen) atoms. The summed E-state index contributed by atoms with van der Waals surface area (Å²) in [6, 6.07) is 3.77. The van der Waals surface area contributed by atoms with E-state index in [2.05, 4.69) is 4.98 Å². The second-order valence-corrected chi connectivity index (χ2v) is 8.28. The van der Waals surface area contributed by atoms with Gasteiger partial charge < -0.3 is 23.9 Å². The number of fused-ring (bicyclic) bond motifs is 1. The number of ketones is 1. The van der Waals surface area contributed by atoms with Gasteiger partial charge in [0.2, 0.25) is 5.75 Å². The number of hydrogen-bond acceptors (Lipinski definition) is 6. The quantitative estimate of drug-likeness (QED) is 0.690. The van der Waals surface area contributed by atoms with Crippen molar-refractivity contribution in [3.05, 3.63) is 40.2 Å². The molecule has 7 nitrogen and oxygen atoms in total. The normalized spacial score (nSPS) is 18.6. The number of aromatic nitrogens is 1. The molecule has 2 aliphatic carbocycles. The molecule has 1 atom stereocenters. The van der Waals surface area contributed by atoms with Crippen LogP contribution < -0.4 is 14.2 Å². The largest absolute Gasteiger partial charge is 0.493 e. The molecule has 0 spiro atoms. The van der Waals surface area contributed by atoms with Crippen molar-refractivity contribution in [1.29, 1.82) is 0 Å². The molecule has 166 valence electrons. The van der Waals surface area contributed by atoms with E-state index >= 15 is 0 Å². The Morgan fingerprint density at radius 1 is 1.00 bits per heavy atom. The van der Waals surface area contributed by atoms with Gasteiger partial charge in [-0.3, -0.25) is 4.79 Å². The summed E-state index contributed by atoms with van der Waals surface area (Å²) in [4.78, 5) is 29.0. The maximum absolute atomic E-state index is 13.0. The maximum atomic E-state index is 13.0. The second-order valence-electron chi connectivity index (χ2n) is 8.28. The number of carbonyl (C=O) groups excluding carboxylic acids is 2. The minimum absolute atomic E-state index is 0.0186. The minimum atomic E-state index is -0.365. The van der Waals surface area contributed by atoms with Gasteiger partial charge in [-0.05, 0) is 68.2 Å². The summed E-state index contributed by atoms with van der Waals surface area (Å²) in [7, 11) is 4.70. The third-order valence-electron chi connectivity index (χ3n) is 6.43. The Morgan fingerprint density at radius 2 is 1.65 bits per heavy atom. The molecule has 0 aliphatic heterocycles. The molecule has 1 fully saturated rings. The standard InChI is InChI=1S/C24H29NO6/c1-13-21-17(25-22(13)24(27)31-16-7-5-6-8-16)9-14(10-18(21)26)15-11-19(28-2)23(30-4)20(12-15)29-3/h11-12,14,16,25H,5-10H2,1-4H3/t14-/m0/s1. The van der Waals surface area contributed by atoms with Crippen molar-refractivity contribution >= 4 is 11.8 Å². The van der Waals surface area contributed by atoms with Gasteiger partial charge in [-0.1, -0.05) is 0 Å². The van der Waals surface area contributed by atoms with Gasteiger partial charge in [0.05, 0.1) is 21.3 Å². The first kappa shape index (κ1) is 21.3. The van der Waals surface area contributed by atoms with Crippen LogP contribution in [-0.4, -0.2) is 44.2 Å². The fraction of sp³-hybridized carbons (Fsp3) is 0.500. The number of rotatable bonds is 6. The van der Waals surface area contributed by atoms with Gasteiger partial charge in [0.1, 0.15) is 11.8 Å². The number of benzene rings is 1. The third kappa shape index (κ3) is 3.89. The SMILES string of the molecule is COc1cc([C@@H]2CC(=O)c3c([nH]c(C(=O)OC4CCCC4)c3C)C2)cc(OC)c1OC. The Balaban J connectivity index is 1.63. The van der Waals surface area contributed by atoms with E-state index in [-0.39, 0.29) is 23.8 Å². The van der Waals surface area contributed by atoms with Crippen molar-refractivity contribution in [2.75, 3.05) is 21.3 Å². The zero-order chi connectivity index (χ0) is 22.1. The molecule has 0 radical (unpaired) electrons. The number of Topliss-reactive ketones (excluding diaryl/α,β-unsaturated/α-hetero) is 1. The first-order chi connectivity index (χ1) is 15.0. The van der Waals surface area contributed by atoms with Gasteiger partial charge >= 0.3 is 5.97 Å². The molecule has 1 aromatic heterocycles. The van der Waals surface area contributed by atoms with E-state index < -0.39 is 0 Å². The van der Waals surface area contributed by atoms with Gasteiger partial charge in [0.15, 0.2) is 17.3 Å². The Kier molecular flexibility index (Phi) is 5.94. The van der Waals surface area contributed by atoms with Crippen molar-refractivity contribution < 1.29 is 28.5 Å². The van der Waals surface area contributed by atoms with E-state index in [9.17, 15) is 9.59 Å². The highest BCUT2D eigenvalue weighted by molar-refractivity contribution is 6.03. The van der Waals surface area contributed by atoms with E-state index in [1.807, 2.05) is 19.1 Å². The van der Waals surface area contributed by atoms with Gasteiger partial charge in [0, 0.05) is 17.7 Å². The molecule has 0 unspecified atom stereocenters. The average Bonchev–Trinajstić information content (AvgIpc) is 3.40. The molecule has 2 aliphatic rings. The van der Waals surface area contributed by atoms with Gasteiger partial charge in [-0.25, -0.2) is 4.79 Å². The van der Waals surface area contributed by atoms with E-state index in [4.69, 9.17) is 18.9 Å². The van der Waals surface area contributed by atoms with Crippen molar-refractivity contribution in [2.45, 2.75) is 57.5 Å². The van der Waals surface area contributed by atoms with Gasteiger partial charge in [-0.15, -0.1) is 0 Å².